The number of benzene rings is 2. The molecule has 2 rings (SSSR count). The Morgan fingerprint density at radius 3 is 2.44 bits per heavy atom. The van der Waals surface area contributed by atoms with Crippen LogP contribution in [0.3, 0.4) is 0 Å². The molecular weight excluding hydrogens is 310 g/mol. The molecule has 3 heteroatoms. The van der Waals surface area contributed by atoms with Crippen LogP contribution in [0.5, 0.6) is 0 Å². The number of hydrogen-bond acceptors (Lipinski definition) is 1. The third kappa shape index (κ3) is 2.46. The Morgan fingerprint density at radius 1 is 1.11 bits per heavy atom. The van der Waals surface area contributed by atoms with Crippen LogP contribution in [0.4, 0.5) is 0 Å². The van der Waals surface area contributed by atoms with Crippen molar-refractivity contribution in [1.29, 1.82) is 0 Å². The lowest BCUT2D eigenvalue weighted by Crippen LogP contribution is -2.15. The molecule has 0 spiro atoms. The van der Waals surface area contributed by atoms with Gasteiger partial charge in [-0.3, -0.25) is 0 Å². The van der Waals surface area contributed by atoms with E-state index in [9.17, 15) is 0 Å². The van der Waals surface area contributed by atoms with Crippen molar-refractivity contribution in [2.45, 2.75) is 19.9 Å². The minimum atomic E-state index is -0.215. The molecule has 0 saturated heterocycles. The molecule has 2 aromatic carbocycles. The maximum Gasteiger partial charge on any atom is 0.0580 e. The van der Waals surface area contributed by atoms with Gasteiger partial charge in [-0.2, -0.15) is 0 Å². The van der Waals surface area contributed by atoms with Crippen molar-refractivity contribution in [3.63, 3.8) is 0 Å². The maximum atomic E-state index is 6.37. The fourth-order valence-electron chi connectivity index (χ4n) is 2.07. The molecule has 0 aromatic heterocycles. The zero-order valence-corrected chi connectivity index (χ0v) is 12.7. The fourth-order valence-corrected chi connectivity index (χ4v) is 3.09. The molecule has 0 saturated carbocycles. The average molecular weight is 325 g/mol. The van der Waals surface area contributed by atoms with Crippen LogP contribution < -0.4 is 5.73 Å². The van der Waals surface area contributed by atoms with Gasteiger partial charge in [0.25, 0.3) is 0 Å². The summed E-state index contributed by atoms with van der Waals surface area (Å²) in [6.07, 6.45) is 0. The summed E-state index contributed by atoms with van der Waals surface area (Å²) in [6, 6.07) is 11.7. The SMILES string of the molecule is Cc1cccc(C(N)c2c(Cl)cccc2Br)c1C. The molecule has 1 unspecified atom stereocenters. The quantitative estimate of drug-likeness (QED) is 0.846. The van der Waals surface area contributed by atoms with Gasteiger partial charge in [-0.1, -0.05) is 51.8 Å². The summed E-state index contributed by atoms with van der Waals surface area (Å²) in [5.74, 6) is 0. The van der Waals surface area contributed by atoms with E-state index in [0.29, 0.717) is 5.02 Å². The number of aryl methyl sites for hydroxylation is 1. The molecule has 1 nitrogen and oxygen atoms in total. The van der Waals surface area contributed by atoms with Gasteiger partial charge in [-0.05, 0) is 42.7 Å². The summed E-state index contributed by atoms with van der Waals surface area (Å²) in [5.41, 5.74) is 10.9. The van der Waals surface area contributed by atoms with Crippen molar-refractivity contribution in [1.82, 2.24) is 0 Å². The molecule has 0 fully saturated rings. The summed E-state index contributed by atoms with van der Waals surface area (Å²) in [4.78, 5) is 0. The third-order valence-electron chi connectivity index (χ3n) is 3.29. The zero-order chi connectivity index (χ0) is 13.3. The van der Waals surface area contributed by atoms with Gasteiger partial charge in [0.2, 0.25) is 0 Å². The summed E-state index contributed by atoms with van der Waals surface area (Å²) in [6.45, 7) is 4.18. The van der Waals surface area contributed by atoms with Crippen LogP contribution in [-0.2, 0) is 0 Å². The number of rotatable bonds is 2. The molecule has 0 aliphatic carbocycles. The first-order chi connectivity index (χ1) is 8.52. The van der Waals surface area contributed by atoms with Crippen molar-refractivity contribution in [3.05, 3.63) is 68.1 Å². The van der Waals surface area contributed by atoms with E-state index in [0.717, 1.165) is 15.6 Å². The second-order valence-corrected chi connectivity index (χ2v) is 5.66. The summed E-state index contributed by atoms with van der Waals surface area (Å²) in [7, 11) is 0. The van der Waals surface area contributed by atoms with E-state index in [1.165, 1.54) is 11.1 Å². The van der Waals surface area contributed by atoms with Gasteiger partial charge in [0.05, 0.1) is 6.04 Å². The number of nitrogens with two attached hydrogens (primary N) is 1. The molecule has 18 heavy (non-hydrogen) atoms. The summed E-state index contributed by atoms with van der Waals surface area (Å²) in [5, 5.41) is 0.692. The van der Waals surface area contributed by atoms with Gasteiger partial charge in [-0.15, -0.1) is 0 Å². The molecule has 2 N–H and O–H groups in total. The zero-order valence-electron chi connectivity index (χ0n) is 10.4. The van der Waals surface area contributed by atoms with Crippen molar-refractivity contribution in [2.75, 3.05) is 0 Å². The highest BCUT2D eigenvalue weighted by Gasteiger charge is 2.17. The van der Waals surface area contributed by atoms with Gasteiger partial charge in [0.15, 0.2) is 0 Å². The predicted molar refractivity (Wildman–Crippen MR) is 81.1 cm³/mol. The Hall–Kier alpha value is -0.830. The van der Waals surface area contributed by atoms with Gasteiger partial charge in [-0.25, -0.2) is 0 Å². The van der Waals surface area contributed by atoms with Gasteiger partial charge >= 0.3 is 0 Å². The Balaban J connectivity index is 2.55. The van der Waals surface area contributed by atoms with Crippen LogP contribution in [0.2, 0.25) is 5.02 Å². The minimum absolute atomic E-state index is 0.215. The Labute approximate surface area is 121 Å². The highest BCUT2D eigenvalue weighted by atomic mass is 79.9. The molecule has 0 amide bonds. The van der Waals surface area contributed by atoms with Crippen LogP contribution in [0, 0.1) is 13.8 Å². The largest absolute Gasteiger partial charge is 0.320 e. The first kappa shape index (κ1) is 13.6. The monoisotopic (exact) mass is 323 g/mol. The van der Waals surface area contributed by atoms with Crippen molar-refractivity contribution in [3.8, 4) is 0 Å². The first-order valence-electron chi connectivity index (χ1n) is 5.78. The molecule has 2 aromatic rings. The standard InChI is InChI=1S/C15H15BrClN/c1-9-5-3-6-11(10(9)2)15(18)14-12(16)7-4-8-13(14)17/h3-8,15H,18H2,1-2H3. The van der Waals surface area contributed by atoms with Crippen LogP contribution in [0.1, 0.15) is 28.3 Å². The van der Waals surface area contributed by atoms with E-state index in [4.69, 9.17) is 17.3 Å². The lowest BCUT2D eigenvalue weighted by molar-refractivity contribution is 0.854. The van der Waals surface area contributed by atoms with Crippen molar-refractivity contribution >= 4 is 27.5 Å². The minimum Gasteiger partial charge on any atom is -0.320 e. The Bertz CT molecular complexity index is 560. The van der Waals surface area contributed by atoms with Crippen LogP contribution in [0.25, 0.3) is 0 Å². The normalized spacial score (nSPS) is 12.5. The molecule has 0 bridgehead atoms. The van der Waals surface area contributed by atoms with Crippen LogP contribution in [-0.4, -0.2) is 0 Å². The molecule has 0 aliphatic rings. The van der Waals surface area contributed by atoms with Crippen molar-refractivity contribution < 1.29 is 0 Å². The van der Waals surface area contributed by atoms with E-state index in [1.807, 2.05) is 24.3 Å². The van der Waals surface area contributed by atoms with E-state index in [-0.39, 0.29) is 6.04 Å². The lowest BCUT2D eigenvalue weighted by Gasteiger charge is -2.19. The molecule has 0 heterocycles. The topological polar surface area (TPSA) is 26.0 Å². The summed E-state index contributed by atoms with van der Waals surface area (Å²) < 4.78 is 0.948. The third-order valence-corrected chi connectivity index (χ3v) is 4.31. The number of hydrogen-bond donors (Lipinski definition) is 1. The highest BCUT2D eigenvalue weighted by molar-refractivity contribution is 9.10. The van der Waals surface area contributed by atoms with E-state index in [2.05, 4.69) is 41.9 Å². The van der Waals surface area contributed by atoms with E-state index in [1.54, 1.807) is 0 Å². The molecule has 0 aliphatic heterocycles. The molecule has 0 radical (unpaired) electrons. The van der Waals surface area contributed by atoms with Gasteiger partial charge in [0.1, 0.15) is 0 Å². The van der Waals surface area contributed by atoms with Crippen molar-refractivity contribution in [2.24, 2.45) is 5.73 Å². The molecular formula is C15H15BrClN. The second kappa shape index (κ2) is 5.43. The number of halogens is 2. The first-order valence-corrected chi connectivity index (χ1v) is 6.95. The van der Waals surface area contributed by atoms with Crippen LogP contribution >= 0.6 is 27.5 Å². The van der Waals surface area contributed by atoms with Crippen LogP contribution in [0.15, 0.2) is 40.9 Å². The Kier molecular flexibility index (Phi) is 4.10. The lowest BCUT2D eigenvalue weighted by atomic mass is 9.93. The molecule has 1 atom stereocenters. The molecule has 94 valence electrons. The average Bonchev–Trinajstić information content (AvgIpc) is 2.32. The predicted octanol–water partition coefficient (Wildman–Crippen LogP) is 4.77. The van der Waals surface area contributed by atoms with Gasteiger partial charge < -0.3 is 5.73 Å². The van der Waals surface area contributed by atoms with E-state index >= 15 is 0 Å². The highest BCUT2D eigenvalue weighted by Crippen LogP contribution is 2.34. The summed E-state index contributed by atoms with van der Waals surface area (Å²) >= 11 is 9.78. The second-order valence-electron chi connectivity index (χ2n) is 4.40. The maximum absolute atomic E-state index is 6.37. The van der Waals surface area contributed by atoms with E-state index < -0.39 is 0 Å². The Morgan fingerprint density at radius 2 is 1.78 bits per heavy atom. The smallest absolute Gasteiger partial charge is 0.0580 e. The van der Waals surface area contributed by atoms with Gasteiger partial charge in [0, 0.05) is 15.1 Å². The fraction of sp³-hybridized carbons (Fsp3) is 0.200.